The number of aromatic hydroxyl groups is 1. The van der Waals surface area contributed by atoms with Crippen LogP contribution in [0.4, 0.5) is 0 Å². The second kappa shape index (κ2) is 14.3. The van der Waals surface area contributed by atoms with E-state index in [2.05, 4.69) is 47.1 Å². The van der Waals surface area contributed by atoms with Gasteiger partial charge in [0.25, 0.3) is 5.91 Å². The smallest absolute Gasteiger partial charge is 0.337 e. The highest BCUT2D eigenvalue weighted by Gasteiger charge is 2.43. The fourth-order valence-electron chi connectivity index (χ4n) is 6.87. The molecular formula is C38H44N4O4. The first-order valence-electron chi connectivity index (χ1n) is 15.8. The highest BCUT2D eigenvalue weighted by molar-refractivity contribution is 5.94. The largest absolute Gasteiger partial charge is 0.508 e. The molecule has 0 radical (unpaired) electrons. The molecule has 0 bridgehead atoms. The van der Waals surface area contributed by atoms with Crippen LogP contribution in [-0.4, -0.2) is 102 Å². The van der Waals surface area contributed by atoms with E-state index in [1.54, 1.807) is 18.2 Å². The molecule has 240 valence electrons. The van der Waals surface area contributed by atoms with Gasteiger partial charge in [-0.2, -0.15) is 0 Å². The van der Waals surface area contributed by atoms with Gasteiger partial charge in [-0.25, -0.2) is 4.79 Å². The van der Waals surface area contributed by atoms with Crippen LogP contribution in [0.3, 0.4) is 0 Å². The number of esters is 1. The van der Waals surface area contributed by atoms with Gasteiger partial charge in [0.15, 0.2) is 0 Å². The molecule has 2 aliphatic heterocycles. The molecule has 2 saturated heterocycles. The minimum atomic E-state index is -0.661. The maximum absolute atomic E-state index is 13.9. The molecule has 3 atom stereocenters. The molecule has 5 rings (SSSR count). The van der Waals surface area contributed by atoms with Gasteiger partial charge in [0.1, 0.15) is 5.75 Å². The summed E-state index contributed by atoms with van der Waals surface area (Å²) in [6.45, 7) is 13.9. The lowest BCUT2D eigenvalue weighted by Crippen LogP contribution is -2.62. The van der Waals surface area contributed by atoms with Gasteiger partial charge in [-0.1, -0.05) is 48.4 Å². The molecule has 0 aliphatic carbocycles. The predicted octanol–water partition coefficient (Wildman–Crippen LogP) is 4.59. The van der Waals surface area contributed by atoms with Crippen LogP contribution in [0.1, 0.15) is 51.3 Å². The number of phenolic OH excluding ortho intramolecular Hbond substituents is 1. The van der Waals surface area contributed by atoms with Crippen molar-refractivity contribution in [2.45, 2.75) is 38.0 Å². The Morgan fingerprint density at radius 3 is 2.30 bits per heavy atom. The monoisotopic (exact) mass is 620 g/mol. The molecule has 3 aromatic rings. The Morgan fingerprint density at radius 1 is 1.00 bits per heavy atom. The number of nitrogens with zero attached hydrogens (tertiary/aromatic N) is 4. The maximum atomic E-state index is 13.9. The quantitative estimate of drug-likeness (QED) is 0.213. The van der Waals surface area contributed by atoms with E-state index in [0.29, 0.717) is 30.8 Å². The molecule has 0 saturated carbocycles. The summed E-state index contributed by atoms with van der Waals surface area (Å²) in [6.07, 6.45) is 7.92. The summed E-state index contributed by atoms with van der Waals surface area (Å²) in [5.74, 6) is 2.84. The number of ether oxygens (including phenoxy) is 1. The third-order valence-electron chi connectivity index (χ3n) is 9.49. The molecule has 2 aliphatic rings. The average Bonchev–Trinajstić information content (AvgIpc) is 3.08. The Balaban J connectivity index is 1.35. The van der Waals surface area contributed by atoms with Gasteiger partial charge in [-0.3, -0.25) is 19.5 Å². The topological polar surface area (TPSA) is 76.6 Å². The number of methoxy groups -OCH3 is 1. The molecule has 8 nitrogen and oxygen atoms in total. The number of terminal acetylenes is 1. The Morgan fingerprint density at radius 2 is 1.67 bits per heavy atom. The minimum absolute atomic E-state index is 0.00698. The molecule has 46 heavy (non-hydrogen) atoms. The van der Waals surface area contributed by atoms with E-state index < -0.39 is 5.54 Å². The molecule has 1 N–H and O–H groups in total. The zero-order valence-electron chi connectivity index (χ0n) is 27.1. The number of piperazine rings is 2. The molecule has 3 aromatic carbocycles. The fraction of sp³-hybridized carbons (Fsp3) is 0.368. The molecule has 0 spiro atoms. The Hall–Kier alpha value is -4.42. The summed E-state index contributed by atoms with van der Waals surface area (Å²) in [5.41, 5.74) is 3.53. The molecule has 8 heteroatoms. The summed E-state index contributed by atoms with van der Waals surface area (Å²) in [6, 6.07) is 22.8. The second-order valence-electron chi connectivity index (χ2n) is 12.4. The number of carbonyl (C=O) groups excluding carboxylic acids is 2. The van der Waals surface area contributed by atoms with Gasteiger partial charge in [-0.05, 0) is 66.9 Å². The third kappa shape index (κ3) is 6.87. The maximum Gasteiger partial charge on any atom is 0.337 e. The number of phenols is 1. The minimum Gasteiger partial charge on any atom is -0.508 e. The van der Waals surface area contributed by atoms with E-state index in [1.807, 2.05) is 59.5 Å². The highest BCUT2D eigenvalue weighted by atomic mass is 16.5. The Labute approximate surface area is 272 Å². The van der Waals surface area contributed by atoms with Crippen LogP contribution in [0.25, 0.3) is 0 Å². The number of benzene rings is 3. The van der Waals surface area contributed by atoms with Crippen molar-refractivity contribution >= 4 is 11.9 Å². The number of hydrogen-bond acceptors (Lipinski definition) is 7. The van der Waals surface area contributed by atoms with E-state index in [1.165, 1.54) is 7.11 Å². The van der Waals surface area contributed by atoms with Crippen LogP contribution in [0, 0.1) is 12.3 Å². The summed E-state index contributed by atoms with van der Waals surface area (Å²) < 4.78 is 4.80. The van der Waals surface area contributed by atoms with E-state index >= 15 is 0 Å². The Kier molecular flexibility index (Phi) is 10.3. The van der Waals surface area contributed by atoms with Crippen molar-refractivity contribution in [1.29, 1.82) is 0 Å². The van der Waals surface area contributed by atoms with E-state index in [9.17, 15) is 14.7 Å². The lowest BCUT2D eigenvalue weighted by molar-refractivity contribution is 0.00367. The summed E-state index contributed by atoms with van der Waals surface area (Å²) in [5, 5.41) is 10.5. The van der Waals surface area contributed by atoms with Crippen molar-refractivity contribution in [3.8, 4) is 18.1 Å². The molecule has 0 aromatic heterocycles. The van der Waals surface area contributed by atoms with Crippen molar-refractivity contribution in [2.75, 3.05) is 52.9 Å². The predicted molar refractivity (Wildman–Crippen MR) is 181 cm³/mol. The van der Waals surface area contributed by atoms with Gasteiger partial charge in [0.05, 0.1) is 24.3 Å². The van der Waals surface area contributed by atoms with Crippen LogP contribution in [0.2, 0.25) is 0 Å². The number of rotatable bonds is 9. The van der Waals surface area contributed by atoms with Gasteiger partial charge in [0, 0.05) is 64.0 Å². The fourth-order valence-corrected chi connectivity index (χ4v) is 6.87. The van der Waals surface area contributed by atoms with Crippen LogP contribution in [0.15, 0.2) is 85.5 Å². The SMILES string of the molecule is C#C[C@@H]1CN([C@@](C)(c2cccc(O)c2)c2cccc(C(=O)N3CCN(Cc4ccc(C(=O)OC)cc4)CC3)c2)C(C)CN1CC=C. The van der Waals surface area contributed by atoms with Crippen LogP contribution in [0.5, 0.6) is 5.75 Å². The summed E-state index contributed by atoms with van der Waals surface area (Å²) >= 11 is 0. The van der Waals surface area contributed by atoms with Gasteiger partial charge < -0.3 is 14.7 Å². The highest BCUT2D eigenvalue weighted by Crippen LogP contribution is 2.40. The number of hydrogen-bond donors (Lipinski definition) is 1. The molecule has 2 heterocycles. The van der Waals surface area contributed by atoms with Gasteiger partial charge in [-0.15, -0.1) is 13.0 Å². The molecule has 2 fully saturated rings. The zero-order chi connectivity index (χ0) is 32.8. The first-order chi connectivity index (χ1) is 22.2. The van der Waals surface area contributed by atoms with Gasteiger partial charge in [0.2, 0.25) is 0 Å². The van der Waals surface area contributed by atoms with Crippen molar-refractivity contribution in [3.63, 3.8) is 0 Å². The lowest BCUT2D eigenvalue weighted by atomic mass is 9.80. The third-order valence-corrected chi connectivity index (χ3v) is 9.49. The van der Waals surface area contributed by atoms with Crippen molar-refractivity contribution in [3.05, 3.63) is 113 Å². The molecular weight excluding hydrogens is 576 g/mol. The van der Waals surface area contributed by atoms with Crippen LogP contribution < -0.4 is 0 Å². The van der Waals surface area contributed by atoms with Gasteiger partial charge >= 0.3 is 5.97 Å². The standard InChI is InChI=1S/C38H44N4O4/c1-6-18-41-25-28(3)42(27-34(41)7-2)38(4,33-12-9-13-35(43)24-33)32-11-8-10-31(23-32)36(44)40-21-19-39(20-22-40)26-29-14-16-30(17-15-29)37(45)46-5/h2,6,8-17,23-24,28,34,43H,1,18-22,25-27H2,3-5H3/t28?,34-,38-/m1/s1. The van der Waals surface area contributed by atoms with Crippen molar-refractivity contribution < 1.29 is 19.4 Å². The second-order valence-corrected chi connectivity index (χ2v) is 12.4. The lowest BCUT2D eigenvalue weighted by Gasteiger charge is -2.52. The molecule has 1 unspecified atom stereocenters. The first kappa shape index (κ1) is 33.0. The average molecular weight is 621 g/mol. The van der Waals surface area contributed by atoms with E-state index in [-0.39, 0.29) is 29.7 Å². The van der Waals surface area contributed by atoms with Crippen molar-refractivity contribution in [2.24, 2.45) is 0 Å². The normalized spacial score (nSPS) is 20.8. The van der Waals surface area contributed by atoms with E-state index in [4.69, 9.17) is 11.2 Å². The number of carbonyl (C=O) groups is 2. The Bertz CT molecular complexity index is 1590. The zero-order valence-corrected chi connectivity index (χ0v) is 27.1. The summed E-state index contributed by atoms with van der Waals surface area (Å²) in [7, 11) is 1.38. The molecule has 1 amide bonds. The van der Waals surface area contributed by atoms with Crippen molar-refractivity contribution in [1.82, 2.24) is 19.6 Å². The number of amides is 1. The van der Waals surface area contributed by atoms with Crippen LogP contribution in [-0.2, 0) is 16.8 Å². The first-order valence-corrected chi connectivity index (χ1v) is 15.8. The van der Waals surface area contributed by atoms with E-state index in [0.717, 1.165) is 49.4 Å². The summed E-state index contributed by atoms with van der Waals surface area (Å²) in [4.78, 5) is 34.6. The van der Waals surface area contributed by atoms with Crippen LogP contribution >= 0.6 is 0 Å².